The molecule has 0 spiro atoms. The highest BCUT2D eigenvalue weighted by Crippen LogP contribution is 2.36. The summed E-state index contributed by atoms with van der Waals surface area (Å²) in [7, 11) is 0. The molecule has 63 heavy (non-hydrogen) atoms. The maximum atomic E-state index is 15.0. The van der Waals surface area contributed by atoms with Gasteiger partial charge in [0.1, 0.15) is 11.6 Å². The number of hydrazine groups is 1. The molecule has 0 bridgehead atoms. The fraction of sp³-hybridized carbons (Fsp3) is 0.360. The third kappa shape index (κ3) is 8.86. The summed E-state index contributed by atoms with van der Waals surface area (Å²) in [5.74, 6) is 1.61. The molecule has 4 aliphatic rings. The van der Waals surface area contributed by atoms with Gasteiger partial charge in [-0.1, -0.05) is 48.5 Å². The lowest BCUT2D eigenvalue weighted by atomic mass is 10.0. The molecule has 2 aliphatic heterocycles. The maximum absolute atomic E-state index is 15.0. The Labute approximate surface area is 368 Å². The van der Waals surface area contributed by atoms with Crippen molar-refractivity contribution in [2.24, 2.45) is 0 Å². The molecule has 4 aromatic carbocycles. The van der Waals surface area contributed by atoms with Gasteiger partial charge in [0.05, 0.1) is 41.5 Å². The fourth-order valence-corrected chi connectivity index (χ4v) is 10.1. The molecule has 13 heteroatoms. The van der Waals surface area contributed by atoms with E-state index < -0.39 is 6.03 Å². The number of likely N-dealkylation sites (tertiary alicyclic amines) is 1. The molecule has 6 N–H and O–H groups in total. The summed E-state index contributed by atoms with van der Waals surface area (Å²) in [5, 5.41) is 31.8. The van der Waals surface area contributed by atoms with Gasteiger partial charge in [-0.3, -0.25) is 0 Å². The summed E-state index contributed by atoms with van der Waals surface area (Å²) in [6.07, 6.45) is 6.98. The van der Waals surface area contributed by atoms with Crippen molar-refractivity contribution < 1.29 is 14.7 Å². The number of carbonyl (C=O) groups excluding carboxylic acids is 2. The number of aryl methyl sites for hydroxylation is 2. The molecule has 0 saturated carbocycles. The van der Waals surface area contributed by atoms with E-state index in [0.29, 0.717) is 43.9 Å². The normalized spacial score (nSPS) is 19.1. The average molecular weight is 845 g/mol. The molecule has 13 nitrogen and oxygen atoms in total. The molecule has 6 aromatic rings. The van der Waals surface area contributed by atoms with Gasteiger partial charge in [-0.05, 0) is 147 Å². The standard InChI is InChI=1S/C50H56N10O3/c61-30-29-58-27-23-39(24-28-58)59(50(63)53-38-13-17-43-35(31-38)11-19-47(54-43)56-45-15-9-33-5-1-3-7-41(33)45)60(49(62)52-37-21-25-51-26-22-37)40-14-18-44-36(32-40)12-20-48(55-44)57-46-16-10-34-6-2-4-8-42(34)46/h1-8,11-14,17-20,31-32,37,39,45-46,51,61H,9-10,15-16,21-30H2,(H,52,62)(H,53,63)(H,54,56)(H,55,57)/t45-,46-/m1/s1. The number of rotatable bonds is 10. The quantitative estimate of drug-likeness (QED) is 0.0752. The minimum absolute atomic E-state index is 0.0372. The van der Waals surface area contributed by atoms with Crippen LogP contribution in [-0.4, -0.2) is 88.5 Å². The SMILES string of the molecule is O=C(NC1CCNCC1)N(c1ccc2nc(N[C@@H]3CCc4ccccc43)ccc2c1)N(C(=O)Nc1ccc2nc(N[C@@H]3CCc4ccccc43)ccc2c1)C1CCN(CCO)CC1. The zero-order chi connectivity index (χ0) is 42.7. The second kappa shape index (κ2) is 18.2. The second-order valence-corrected chi connectivity index (χ2v) is 17.4. The Bertz CT molecular complexity index is 2610. The Morgan fingerprint density at radius 1 is 0.683 bits per heavy atom. The van der Waals surface area contributed by atoms with Crippen LogP contribution in [0.5, 0.6) is 0 Å². The van der Waals surface area contributed by atoms with Gasteiger partial charge in [0.15, 0.2) is 0 Å². The van der Waals surface area contributed by atoms with Gasteiger partial charge in [0, 0.05) is 42.1 Å². The number of nitrogens with one attached hydrogen (secondary N) is 5. The van der Waals surface area contributed by atoms with Crippen LogP contribution in [0.4, 0.5) is 32.6 Å². The first-order chi connectivity index (χ1) is 31.0. The summed E-state index contributed by atoms with van der Waals surface area (Å²) in [6, 6.07) is 36.1. The highest BCUT2D eigenvalue weighted by Gasteiger charge is 2.37. The van der Waals surface area contributed by atoms with E-state index >= 15 is 0 Å². The van der Waals surface area contributed by atoms with Gasteiger partial charge in [-0.2, -0.15) is 5.01 Å². The minimum Gasteiger partial charge on any atom is -0.395 e. The molecule has 2 atom stereocenters. The van der Waals surface area contributed by atoms with Gasteiger partial charge < -0.3 is 36.6 Å². The van der Waals surface area contributed by atoms with Crippen LogP contribution in [0.1, 0.15) is 72.9 Å². The molecule has 10 rings (SSSR count). The number of anilines is 4. The molecular formula is C50H56N10O3. The lowest BCUT2D eigenvalue weighted by Crippen LogP contribution is -2.62. The molecule has 2 aliphatic carbocycles. The second-order valence-electron chi connectivity index (χ2n) is 17.4. The number of nitrogens with zero attached hydrogens (tertiary/aromatic N) is 5. The number of carbonyl (C=O) groups is 2. The Balaban J connectivity index is 0.942. The molecular weight excluding hydrogens is 789 g/mol. The van der Waals surface area contributed by atoms with Crippen molar-refractivity contribution >= 4 is 56.9 Å². The van der Waals surface area contributed by atoms with E-state index in [1.54, 1.807) is 10.0 Å². The molecule has 324 valence electrons. The Morgan fingerprint density at radius 3 is 1.92 bits per heavy atom. The number of aromatic nitrogens is 2. The first-order valence-corrected chi connectivity index (χ1v) is 22.7. The summed E-state index contributed by atoms with van der Waals surface area (Å²) in [4.78, 5) is 41.9. The van der Waals surface area contributed by atoms with E-state index in [1.165, 1.54) is 22.3 Å². The van der Waals surface area contributed by atoms with Crippen LogP contribution >= 0.6 is 0 Å². The monoisotopic (exact) mass is 844 g/mol. The third-order valence-corrected chi connectivity index (χ3v) is 13.4. The molecule has 2 saturated heterocycles. The number of amides is 4. The summed E-state index contributed by atoms with van der Waals surface area (Å²) < 4.78 is 0. The van der Waals surface area contributed by atoms with E-state index in [9.17, 15) is 14.7 Å². The fourth-order valence-electron chi connectivity index (χ4n) is 10.1. The number of piperidine rings is 2. The highest BCUT2D eigenvalue weighted by atomic mass is 16.3. The number of pyridine rings is 2. The Hall–Kier alpha value is -6.28. The summed E-state index contributed by atoms with van der Waals surface area (Å²) in [5.41, 5.74) is 8.19. The van der Waals surface area contributed by atoms with Gasteiger partial charge in [0.2, 0.25) is 0 Å². The smallest absolute Gasteiger partial charge is 0.341 e. The van der Waals surface area contributed by atoms with E-state index in [0.717, 1.165) is 85.1 Å². The average Bonchev–Trinajstić information content (AvgIpc) is 3.92. The molecule has 2 fully saturated rings. The third-order valence-electron chi connectivity index (χ3n) is 13.4. The van der Waals surface area contributed by atoms with E-state index in [4.69, 9.17) is 9.97 Å². The van der Waals surface area contributed by atoms with E-state index in [2.05, 4.69) is 80.0 Å². The first kappa shape index (κ1) is 40.8. The Morgan fingerprint density at radius 2 is 1.29 bits per heavy atom. The highest BCUT2D eigenvalue weighted by molar-refractivity contribution is 6.01. The van der Waals surface area contributed by atoms with Crippen molar-refractivity contribution in [3.05, 3.63) is 131 Å². The molecule has 2 aromatic heterocycles. The first-order valence-electron chi connectivity index (χ1n) is 22.7. The number of aliphatic hydroxyl groups is 1. The van der Waals surface area contributed by atoms with Crippen molar-refractivity contribution in [3.63, 3.8) is 0 Å². The number of urea groups is 2. The van der Waals surface area contributed by atoms with Crippen LogP contribution < -0.4 is 31.6 Å². The summed E-state index contributed by atoms with van der Waals surface area (Å²) >= 11 is 0. The van der Waals surface area contributed by atoms with Crippen molar-refractivity contribution in [2.75, 3.05) is 60.3 Å². The maximum Gasteiger partial charge on any atom is 0.341 e. The minimum atomic E-state index is -0.406. The van der Waals surface area contributed by atoms with E-state index in [-0.39, 0.29) is 36.8 Å². The van der Waals surface area contributed by atoms with Crippen LogP contribution in [0.3, 0.4) is 0 Å². The van der Waals surface area contributed by atoms with Crippen LogP contribution in [0.15, 0.2) is 109 Å². The number of benzene rings is 4. The zero-order valence-corrected chi connectivity index (χ0v) is 35.6. The van der Waals surface area contributed by atoms with Crippen LogP contribution in [-0.2, 0) is 12.8 Å². The van der Waals surface area contributed by atoms with Crippen molar-refractivity contribution in [2.45, 2.75) is 75.5 Å². The Kier molecular flexibility index (Phi) is 11.8. The van der Waals surface area contributed by atoms with Crippen LogP contribution in [0.2, 0.25) is 0 Å². The molecule has 0 unspecified atom stereocenters. The number of hydrogen-bond donors (Lipinski definition) is 6. The lowest BCUT2D eigenvalue weighted by molar-refractivity contribution is 0.109. The lowest BCUT2D eigenvalue weighted by Gasteiger charge is -2.43. The van der Waals surface area contributed by atoms with Crippen LogP contribution in [0, 0.1) is 0 Å². The molecule has 0 radical (unpaired) electrons. The number of β-amino-alcohol motifs (C(OH)–C–C–N with tert-alkyl or cyclic N) is 1. The zero-order valence-electron chi connectivity index (χ0n) is 35.6. The number of aliphatic hydroxyl groups excluding tert-OH is 1. The van der Waals surface area contributed by atoms with Gasteiger partial charge in [0.25, 0.3) is 0 Å². The van der Waals surface area contributed by atoms with E-state index in [1.807, 2.05) is 60.7 Å². The van der Waals surface area contributed by atoms with Gasteiger partial charge in [-0.15, -0.1) is 0 Å². The number of hydrogen-bond acceptors (Lipinski definition) is 9. The topological polar surface area (TPSA) is 150 Å². The molecule has 4 amide bonds. The van der Waals surface area contributed by atoms with Gasteiger partial charge in [-0.25, -0.2) is 24.6 Å². The van der Waals surface area contributed by atoms with Crippen LogP contribution in [0.25, 0.3) is 21.8 Å². The van der Waals surface area contributed by atoms with Gasteiger partial charge >= 0.3 is 12.1 Å². The predicted octanol–water partition coefficient (Wildman–Crippen LogP) is 8.16. The largest absolute Gasteiger partial charge is 0.395 e. The predicted molar refractivity (Wildman–Crippen MR) is 250 cm³/mol. The number of fused-ring (bicyclic) bond motifs is 4. The molecule has 4 heterocycles. The van der Waals surface area contributed by atoms with Crippen molar-refractivity contribution in [1.29, 1.82) is 0 Å². The van der Waals surface area contributed by atoms with Crippen molar-refractivity contribution in [3.8, 4) is 0 Å². The van der Waals surface area contributed by atoms with Crippen molar-refractivity contribution in [1.82, 2.24) is 30.5 Å². The summed E-state index contributed by atoms with van der Waals surface area (Å²) in [6.45, 7) is 3.63.